The molecule has 1 atom stereocenters. The van der Waals surface area contributed by atoms with Crippen LogP contribution in [-0.4, -0.2) is 41.2 Å². The highest BCUT2D eigenvalue weighted by molar-refractivity contribution is 9.11. The van der Waals surface area contributed by atoms with E-state index in [-0.39, 0.29) is 31.2 Å². The first-order valence-electron chi connectivity index (χ1n) is 5.34. The quantitative estimate of drug-likeness (QED) is 0.839. The lowest BCUT2D eigenvalue weighted by Crippen LogP contribution is -2.25. The topological polar surface area (TPSA) is 79.7 Å². The van der Waals surface area contributed by atoms with Gasteiger partial charge in [-0.2, -0.15) is 0 Å². The monoisotopic (exact) mass is 334 g/mol. The molecule has 18 heavy (non-hydrogen) atoms. The Balaban J connectivity index is 2.23. The molecule has 1 unspecified atom stereocenters. The van der Waals surface area contributed by atoms with Gasteiger partial charge in [-0.25, -0.2) is 9.78 Å². The van der Waals surface area contributed by atoms with Crippen LogP contribution in [0.25, 0.3) is 0 Å². The summed E-state index contributed by atoms with van der Waals surface area (Å²) in [6.45, 7) is 2.18. The normalized spacial score (nSPS) is 19.4. The minimum atomic E-state index is -0.675. The van der Waals surface area contributed by atoms with Crippen LogP contribution in [0.1, 0.15) is 23.8 Å². The highest BCUT2D eigenvalue weighted by Crippen LogP contribution is 2.33. The van der Waals surface area contributed by atoms with E-state index in [1.807, 2.05) is 0 Å². The number of esters is 1. The van der Waals surface area contributed by atoms with Gasteiger partial charge in [0.2, 0.25) is 5.91 Å². The van der Waals surface area contributed by atoms with Gasteiger partial charge in [0.1, 0.15) is 3.79 Å². The molecular formula is C10H11BrN2O4S. The van der Waals surface area contributed by atoms with Gasteiger partial charge in [-0.05, 0) is 22.9 Å². The molecule has 1 saturated heterocycles. The summed E-state index contributed by atoms with van der Waals surface area (Å²) in [5, 5.41) is 9.81. The van der Waals surface area contributed by atoms with E-state index in [0.29, 0.717) is 8.92 Å². The molecule has 0 bridgehead atoms. The molecule has 0 aliphatic carbocycles. The van der Waals surface area contributed by atoms with E-state index in [4.69, 9.17) is 4.74 Å². The Morgan fingerprint density at radius 1 is 1.72 bits per heavy atom. The minimum absolute atomic E-state index is 0.0892. The van der Waals surface area contributed by atoms with Crippen LogP contribution in [0.3, 0.4) is 0 Å². The second-order valence-electron chi connectivity index (χ2n) is 3.70. The third-order valence-corrected chi connectivity index (χ3v) is 4.11. The molecule has 2 rings (SSSR count). The third-order valence-electron chi connectivity index (χ3n) is 2.38. The Kier molecular flexibility index (Phi) is 3.98. The lowest BCUT2D eigenvalue weighted by molar-refractivity contribution is -0.117. The number of β-amino-alcohol motifs (C(OH)–C–C–N with tert-alkyl or cyclic N) is 1. The average molecular weight is 335 g/mol. The van der Waals surface area contributed by atoms with E-state index in [9.17, 15) is 14.7 Å². The molecule has 1 aromatic rings. The second-order valence-corrected chi connectivity index (χ2v) is 6.00. The maximum absolute atomic E-state index is 11.6. The van der Waals surface area contributed by atoms with Crippen molar-refractivity contribution >= 4 is 44.3 Å². The molecule has 1 fully saturated rings. The molecule has 1 amide bonds. The van der Waals surface area contributed by atoms with E-state index >= 15 is 0 Å². The summed E-state index contributed by atoms with van der Waals surface area (Å²) in [6.07, 6.45) is -0.586. The number of aliphatic hydroxyl groups is 1. The fourth-order valence-electron chi connectivity index (χ4n) is 1.61. The fourth-order valence-corrected chi connectivity index (χ4v) is 3.10. The Morgan fingerprint density at radius 3 is 3.00 bits per heavy atom. The molecule has 1 aliphatic rings. The molecule has 0 aromatic carbocycles. The Hall–Kier alpha value is -0.990. The van der Waals surface area contributed by atoms with E-state index in [2.05, 4.69) is 20.9 Å². The molecule has 1 aromatic heterocycles. The number of hydrogen-bond donors (Lipinski definition) is 1. The number of anilines is 1. The SMILES string of the molecule is CCOC(=O)c1nc(N2CC(O)CC2=O)sc1Br. The zero-order chi connectivity index (χ0) is 13.3. The summed E-state index contributed by atoms with van der Waals surface area (Å²) < 4.78 is 5.37. The molecular weight excluding hydrogens is 324 g/mol. The second kappa shape index (κ2) is 5.33. The smallest absolute Gasteiger partial charge is 0.359 e. The summed E-state index contributed by atoms with van der Waals surface area (Å²) >= 11 is 4.39. The summed E-state index contributed by atoms with van der Waals surface area (Å²) in [6, 6.07) is 0. The van der Waals surface area contributed by atoms with Crippen molar-refractivity contribution in [3.63, 3.8) is 0 Å². The number of aromatic nitrogens is 1. The van der Waals surface area contributed by atoms with E-state index < -0.39 is 12.1 Å². The number of thiazole rings is 1. The first-order valence-corrected chi connectivity index (χ1v) is 6.95. The fraction of sp³-hybridized carbons (Fsp3) is 0.500. The van der Waals surface area contributed by atoms with Crippen molar-refractivity contribution in [3.8, 4) is 0 Å². The average Bonchev–Trinajstić information content (AvgIpc) is 2.82. The van der Waals surface area contributed by atoms with Crippen molar-refractivity contribution in [2.24, 2.45) is 0 Å². The van der Waals surface area contributed by atoms with Gasteiger partial charge in [0.05, 0.1) is 25.7 Å². The zero-order valence-corrected chi connectivity index (χ0v) is 12.0. The summed E-state index contributed by atoms with van der Waals surface area (Å²) in [5.41, 5.74) is 0.158. The molecule has 1 N–H and O–H groups in total. The van der Waals surface area contributed by atoms with Gasteiger partial charge in [-0.15, -0.1) is 0 Å². The molecule has 1 aliphatic heterocycles. The summed E-state index contributed by atoms with van der Waals surface area (Å²) in [5.74, 6) is -0.724. The maximum Gasteiger partial charge on any atom is 0.359 e. The highest BCUT2D eigenvalue weighted by Gasteiger charge is 2.32. The number of aliphatic hydroxyl groups excluding tert-OH is 1. The Morgan fingerprint density at radius 2 is 2.44 bits per heavy atom. The number of ether oxygens (including phenoxy) is 1. The van der Waals surface area contributed by atoms with Crippen molar-refractivity contribution < 1.29 is 19.4 Å². The predicted octanol–water partition coefficient (Wildman–Crippen LogP) is 1.18. The van der Waals surface area contributed by atoms with Crippen LogP contribution in [0, 0.1) is 0 Å². The van der Waals surface area contributed by atoms with E-state index in [1.165, 1.54) is 16.2 Å². The van der Waals surface area contributed by atoms with Crippen LogP contribution in [-0.2, 0) is 9.53 Å². The number of carbonyl (C=O) groups is 2. The van der Waals surface area contributed by atoms with Crippen LogP contribution in [0.15, 0.2) is 3.79 Å². The minimum Gasteiger partial charge on any atom is -0.461 e. The lowest BCUT2D eigenvalue weighted by atomic mass is 10.3. The Labute approximate surface area is 116 Å². The molecule has 6 nitrogen and oxygen atoms in total. The van der Waals surface area contributed by atoms with Crippen LogP contribution in [0.4, 0.5) is 5.13 Å². The van der Waals surface area contributed by atoms with Crippen LogP contribution >= 0.6 is 27.3 Å². The lowest BCUT2D eigenvalue weighted by Gasteiger charge is -2.10. The molecule has 8 heteroatoms. The van der Waals surface area contributed by atoms with Gasteiger partial charge in [0.15, 0.2) is 10.8 Å². The van der Waals surface area contributed by atoms with Crippen LogP contribution < -0.4 is 4.90 Å². The van der Waals surface area contributed by atoms with Crippen molar-refractivity contribution in [1.29, 1.82) is 0 Å². The molecule has 0 spiro atoms. The molecule has 98 valence electrons. The highest BCUT2D eigenvalue weighted by atomic mass is 79.9. The number of nitrogens with zero attached hydrogens (tertiary/aromatic N) is 2. The van der Waals surface area contributed by atoms with Gasteiger partial charge < -0.3 is 9.84 Å². The third kappa shape index (κ3) is 2.55. The number of rotatable bonds is 3. The molecule has 2 heterocycles. The van der Waals surface area contributed by atoms with Gasteiger partial charge in [0, 0.05) is 0 Å². The van der Waals surface area contributed by atoms with Gasteiger partial charge in [-0.1, -0.05) is 11.3 Å². The van der Waals surface area contributed by atoms with Gasteiger partial charge >= 0.3 is 5.97 Å². The molecule has 0 radical (unpaired) electrons. The zero-order valence-electron chi connectivity index (χ0n) is 9.55. The predicted molar refractivity (Wildman–Crippen MR) is 68.7 cm³/mol. The first kappa shape index (κ1) is 13.4. The van der Waals surface area contributed by atoms with E-state index in [0.717, 1.165) is 0 Å². The first-order chi connectivity index (χ1) is 8.52. The number of hydrogen-bond acceptors (Lipinski definition) is 6. The van der Waals surface area contributed by atoms with Crippen molar-refractivity contribution in [2.45, 2.75) is 19.4 Å². The Bertz CT molecular complexity index is 490. The number of carbonyl (C=O) groups excluding carboxylic acids is 2. The van der Waals surface area contributed by atoms with Crippen molar-refractivity contribution in [2.75, 3.05) is 18.1 Å². The van der Waals surface area contributed by atoms with Gasteiger partial charge in [0.25, 0.3) is 0 Å². The summed E-state index contributed by atoms with van der Waals surface area (Å²) in [4.78, 5) is 28.6. The largest absolute Gasteiger partial charge is 0.461 e. The van der Waals surface area contributed by atoms with Crippen molar-refractivity contribution in [3.05, 3.63) is 9.48 Å². The van der Waals surface area contributed by atoms with Crippen molar-refractivity contribution in [1.82, 2.24) is 4.98 Å². The van der Waals surface area contributed by atoms with Crippen LogP contribution in [0.5, 0.6) is 0 Å². The van der Waals surface area contributed by atoms with Crippen LogP contribution in [0.2, 0.25) is 0 Å². The number of halogens is 1. The van der Waals surface area contributed by atoms with Gasteiger partial charge in [-0.3, -0.25) is 9.69 Å². The van der Waals surface area contributed by atoms with E-state index in [1.54, 1.807) is 6.92 Å². The molecule has 0 saturated carbocycles. The standard InChI is InChI=1S/C10H11BrN2O4S/c1-2-17-9(16)7-8(11)18-10(12-7)13-4-5(14)3-6(13)15/h5,14H,2-4H2,1H3. The summed E-state index contributed by atoms with van der Waals surface area (Å²) in [7, 11) is 0. The maximum atomic E-state index is 11.6. The number of amides is 1.